The summed E-state index contributed by atoms with van der Waals surface area (Å²) in [6, 6.07) is 7.03. The molecule has 0 aliphatic carbocycles. The highest BCUT2D eigenvalue weighted by atomic mass is 16.5. The van der Waals surface area contributed by atoms with Crippen LogP contribution in [0, 0.1) is 0 Å². The SMILES string of the molecule is CCC(=O)Nc1cccc(NC(=O)CCc2nc(C(C)C)no2)c1. The Kier molecular flexibility index (Phi) is 6.06. The number of carbonyl (C=O) groups is 2. The van der Waals surface area contributed by atoms with Crippen LogP contribution in [0.1, 0.15) is 51.2 Å². The van der Waals surface area contributed by atoms with E-state index >= 15 is 0 Å². The third-order valence-electron chi connectivity index (χ3n) is 3.32. The zero-order valence-electron chi connectivity index (χ0n) is 14.1. The molecule has 0 aliphatic heterocycles. The molecule has 1 aromatic carbocycles. The van der Waals surface area contributed by atoms with Crippen molar-refractivity contribution in [3.63, 3.8) is 0 Å². The van der Waals surface area contributed by atoms with Crippen LogP contribution in [0.3, 0.4) is 0 Å². The fourth-order valence-electron chi connectivity index (χ4n) is 1.97. The fraction of sp³-hybridized carbons (Fsp3) is 0.412. The normalized spacial score (nSPS) is 10.7. The molecule has 0 fully saturated rings. The van der Waals surface area contributed by atoms with Crippen LogP contribution in [0.5, 0.6) is 0 Å². The molecule has 1 heterocycles. The molecule has 0 atom stereocenters. The van der Waals surface area contributed by atoms with Gasteiger partial charge in [0.05, 0.1) is 0 Å². The first-order valence-electron chi connectivity index (χ1n) is 8.00. The first kappa shape index (κ1) is 17.7. The second-order valence-electron chi connectivity index (χ2n) is 5.73. The lowest BCUT2D eigenvalue weighted by Gasteiger charge is -2.08. The molecule has 0 unspecified atom stereocenters. The first-order valence-corrected chi connectivity index (χ1v) is 8.00. The molecule has 0 radical (unpaired) electrons. The number of hydrogen-bond acceptors (Lipinski definition) is 5. The Morgan fingerprint density at radius 1 is 1.17 bits per heavy atom. The molecule has 0 bridgehead atoms. The smallest absolute Gasteiger partial charge is 0.227 e. The van der Waals surface area contributed by atoms with Gasteiger partial charge in [-0.25, -0.2) is 0 Å². The molecule has 24 heavy (non-hydrogen) atoms. The lowest BCUT2D eigenvalue weighted by molar-refractivity contribution is -0.116. The van der Waals surface area contributed by atoms with Gasteiger partial charge in [-0.1, -0.05) is 32.0 Å². The van der Waals surface area contributed by atoms with E-state index in [1.165, 1.54) is 0 Å². The zero-order chi connectivity index (χ0) is 17.5. The van der Waals surface area contributed by atoms with E-state index in [1.54, 1.807) is 31.2 Å². The number of nitrogens with zero attached hydrogens (tertiary/aromatic N) is 2. The third-order valence-corrected chi connectivity index (χ3v) is 3.32. The van der Waals surface area contributed by atoms with E-state index in [9.17, 15) is 9.59 Å². The van der Waals surface area contributed by atoms with E-state index < -0.39 is 0 Å². The summed E-state index contributed by atoms with van der Waals surface area (Å²) in [6.45, 7) is 5.74. The van der Waals surface area contributed by atoms with Crippen molar-refractivity contribution in [1.82, 2.24) is 10.1 Å². The van der Waals surface area contributed by atoms with Crippen LogP contribution in [-0.4, -0.2) is 22.0 Å². The van der Waals surface area contributed by atoms with E-state index in [0.29, 0.717) is 35.9 Å². The monoisotopic (exact) mass is 330 g/mol. The molecule has 0 saturated heterocycles. The van der Waals surface area contributed by atoms with Crippen molar-refractivity contribution >= 4 is 23.2 Å². The van der Waals surface area contributed by atoms with Gasteiger partial charge < -0.3 is 15.2 Å². The largest absolute Gasteiger partial charge is 0.339 e. The maximum atomic E-state index is 12.0. The minimum absolute atomic E-state index is 0.0733. The molecular weight excluding hydrogens is 308 g/mol. The minimum Gasteiger partial charge on any atom is -0.339 e. The molecule has 0 spiro atoms. The second kappa shape index (κ2) is 8.24. The number of rotatable bonds is 7. The van der Waals surface area contributed by atoms with Gasteiger partial charge in [0.1, 0.15) is 0 Å². The summed E-state index contributed by atoms with van der Waals surface area (Å²) in [7, 11) is 0. The lowest BCUT2D eigenvalue weighted by atomic mass is 10.2. The van der Waals surface area contributed by atoms with Crippen molar-refractivity contribution in [3.05, 3.63) is 36.0 Å². The molecule has 1 aromatic heterocycles. The number of benzene rings is 1. The average Bonchev–Trinajstić information content (AvgIpc) is 3.02. The lowest BCUT2D eigenvalue weighted by Crippen LogP contribution is -2.13. The molecule has 0 saturated carbocycles. The van der Waals surface area contributed by atoms with Crippen LogP contribution in [0.4, 0.5) is 11.4 Å². The molecule has 7 nitrogen and oxygen atoms in total. The topological polar surface area (TPSA) is 97.1 Å². The first-order chi connectivity index (χ1) is 11.5. The predicted molar refractivity (Wildman–Crippen MR) is 90.7 cm³/mol. The highest BCUT2D eigenvalue weighted by Crippen LogP contribution is 2.16. The zero-order valence-corrected chi connectivity index (χ0v) is 14.1. The molecule has 2 N–H and O–H groups in total. The Morgan fingerprint density at radius 2 is 1.83 bits per heavy atom. The molecule has 128 valence electrons. The third kappa shape index (κ3) is 5.19. The van der Waals surface area contributed by atoms with Gasteiger partial charge in [-0.3, -0.25) is 9.59 Å². The summed E-state index contributed by atoms with van der Waals surface area (Å²) in [5.74, 6) is 1.06. The molecular formula is C17H22N4O3. The van der Waals surface area contributed by atoms with Gasteiger partial charge in [-0.05, 0) is 18.2 Å². The molecule has 2 aromatic rings. The van der Waals surface area contributed by atoms with Crippen LogP contribution in [0.15, 0.2) is 28.8 Å². The van der Waals surface area contributed by atoms with Crippen LogP contribution in [-0.2, 0) is 16.0 Å². The van der Waals surface area contributed by atoms with E-state index in [0.717, 1.165) is 0 Å². The molecule has 2 rings (SSSR count). The van der Waals surface area contributed by atoms with E-state index in [1.807, 2.05) is 13.8 Å². The fourth-order valence-corrected chi connectivity index (χ4v) is 1.97. The average molecular weight is 330 g/mol. The number of amides is 2. The number of carbonyl (C=O) groups excluding carboxylic acids is 2. The van der Waals surface area contributed by atoms with Gasteiger partial charge in [0.25, 0.3) is 0 Å². The summed E-state index contributed by atoms with van der Waals surface area (Å²) in [6.07, 6.45) is 1.03. The Balaban J connectivity index is 1.87. The highest BCUT2D eigenvalue weighted by molar-refractivity contribution is 5.93. The quantitative estimate of drug-likeness (QED) is 0.813. The Labute approximate surface area is 140 Å². The second-order valence-corrected chi connectivity index (χ2v) is 5.73. The van der Waals surface area contributed by atoms with Crippen LogP contribution in [0.2, 0.25) is 0 Å². The van der Waals surface area contributed by atoms with Gasteiger partial charge in [0.15, 0.2) is 5.82 Å². The van der Waals surface area contributed by atoms with Crippen molar-refractivity contribution in [2.75, 3.05) is 10.6 Å². The summed E-state index contributed by atoms with van der Waals surface area (Å²) >= 11 is 0. The predicted octanol–water partition coefficient (Wildman–Crippen LogP) is 3.11. The van der Waals surface area contributed by atoms with Crippen molar-refractivity contribution in [2.45, 2.75) is 46.0 Å². The van der Waals surface area contributed by atoms with Gasteiger partial charge in [0, 0.05) is 36.6 Å². The van der Waals surface area contributed by atoms with Gasteiger partial charge >= 0.3 is 0 Å². The van der Waals surface area contributed by atoms with Crippen molar-refractivity contribution in [2.24, 2.45) is 0 Å². The van der Waals surface area contributed by atoms with Gasteiger partial charge in [0.2, 0.25) is 17.7 Å². The molecule has 2 amide bonds. The maximum Gasteiger partial charge on any atom is 0.227 e. The molecule has 7 heteroatoms. The van der Waals surface area contributed by atoms with Gasteiger partial charge in [-0.15, -0.1) is 0 Å². The summed E-state index contributed by atoms with van der Waals surface area (Å²) < 4.78 is 5.11. The minimum atomic E-state index is -0.154. The number of aryl methyl sites for hydroxylation is 1. The maximum absolute atomic E-state index is 12.0. The van der Waals surface area contributed by atoms with E-state index in [-0.39, 0.29) is 24.2 Å². The van der Waals surface area contributed by atoms with Crippen LogP contribution >= 0.6 is 0 Å². The van der Waals surface area contributed by atoms with Crippen LogP contribution in [0.25, 0.3) is 0 Å². The standard InChI is InChI=1S/C17H22N4O3/c1-4-14(22)18-12-6-5-7-13(10-12)19-15(23)8-9-16-20-17(11(2)3)21-24-16/h5-7,10-11H,4,8-9H2,1-3H3,(H,18,22)(H,19,23). The summed E-state index contributed by atoms with van der Waals surface area (Å²) in [4.78, 5) is 27.7. The number of hydrogen-bond donors (Lipinski definition) is 2. The summed E-state index contributed by atoms with van der Waals surface area (Å²) in [5.41, 5.74) is 1.28. The van der Waals surface area contributed by atoms with Crippen LogP contribution < -0.4 is 10.6 Å². The van der Waals surface area contributed by atoms with E-state index in [4.69, 9.17) is 4.52 Å². The Hall–Kier alpha value is -2.70. The number of nitrogens with one attached hydrogen (secondary N) is 2. The highest BCUT2D eigenvalue weighted by Gasteiger charge is 2.11. The number of anilines is 2. The Bertz CT molecular complexity index is 709. The number of aromatic nitrogens is 2. The van der Waals surface area contributed by atoms with Crippen molar-refractivity contribution in [3.8, 4) is 0 Å². The van der Waals surface area contributed by atoms with Gasteiger partial charge in [-0.2, -0.15) is 4.98 Å². The molecule has 0 aliphatic rings. The Morgan fingerprint density at radius 3 is 2.42 bits per heavy atom. The summed E-state index contributed by atoms with van der Waals surface area (Å²) in [5, 5.41) is 9.41. The van der Waals surface area contributed by atoms with E-state index in [2.05, 4.69) is 20.8 Å². The van der Waals surface area contributed by atoms with Crippen molar-refractivity contribution in [1.29, 1.82) is 0 Å². The van der Waals surface area contributed by atoms with Crippen molar-refractivity contribution < 1.29 is 14.1 Å².